The fourth-order valence-electron chi connectivity index (χ4n) is 7.83. The first-order chi connectivity index (χ1) is 26.8. The van der Waals surface area contributed by atoms with Crippen molar-refractivity contribution in [3.63, 3.8) is 0 Å². The van der Waals surface area contributed by atoms with Crippen molar-refractivity contribution in [3.8, 4) is 0 Å². The standard InChI is InChI=1S/C42H67NO14/c1-12-32-29(21-53-42-40(52-11)39(51-10)36(49)27(7)55-42)18-22(2)16-17-30(45)23(3)19-28(15-13-14-24(4)44)38(25(5)31(46)20-33(47)56-32)57-41-37(50)34(43(8)9)35(48)26(6)54-41/h13-14,16-18,20,23,25-29,32,34-42,46,48-50H,12,15,19,21H2,1-11H3/b14-13+,17-16+,22-18+,31-20+/t23-,25+,26+,27-,28+,29-,32-,34-,35+,36-,37+,38-,39-,40-,41-,42-/m1/s1. The van der Waals surface area contributed by atoms with Crippen LogP contribution in [-0.2, 0) is 47.5 Å². The molecule has 0 spiro atoms. The van der Waals surface area contributed by atoms with Crippen LogP contribution >= 0.6 is 0 Å². The smallest absolute Gasteiger partial charge is 0.334 e. The molecule has 3 aliphatic heterocycles. The lowest BCUT2D eigenvalue weighted by atomic mass is 9.81. The SMILES string of the molecule is CC[C@H]1OC(=O)/C=C(/O)[C@H](C)[C@@H](O[C@H]2O[C@@H](C)[C@H](O)[C@@H](N(C)C)[C@@H]2O)[C@@H](C/C=C/C(C)=O)C[C@@H](C)C(=O)/C=C/C(C)=C/[C@@H]1CO[C@@H]1O[C@H](C)[C@@H](O)[C@@H](OC)[C@H]1OC. The van der Waals surface area contributed by atoms with Crippen molar-refractivity contribution in [2.45, 2.75) is 141 Å². The summed E-state index contributed by atoms with van der Waals surface area (Å²) in [5.41, 5.74) is 0.696. The van der Waals surface area contributed by atoms with Crippen molar-refractivity contribution in [1.82, 2.24) is 4.90 Å². The van der Waals surface area contributed by atoms with E-state index in [1.165, 1.54) is 33.3 Å². The van der Waals surface area contributed by atoms with Gasteiger partial charge in [0.05, 0.1) is 43.1 Å². The van der Waals surface area contributed by atoms with Gasteiger partial charge in [-0.05, 0) is 79.1 Å². The number of ketones is 2. The summed E-state index contributed by atoms with van der Waals surface area (Å²) in [6.45, 7) is 11.9. The zero-order valence-corrected chi connectivity index (χ0v) is 35.3. The molecular formula is C42H67NO14. The van der Waals surface area contributed by atoms with E-state index in [1.54, 1.807) is 58.8 Å². The number of carbonyl (C=O) groups excluding carboxylic acids is 3. The van der Waals surface area contributed by atoms with E-state index in [2.05, 4.69) is 0 Å². The van der Waals surface area contributed by atoms with Gasteiger partial charge in [0.2, 0.25) is 0 Å². The second-order valence-corrected chi connectivity index (χ2v) is 15.9. The summed E-state index contributed by atoms with van der Waals surface area (Å²) in [5, 5.41) is 44.5. The van der Waals surface area contributed by atoms with E-state index in [1.807, 2.05) is 19.9 Å². The molecule has 0 aromatic rings. The lowest BCUT2D eigenvalue weighted by molar-refractivity contribution is -0.304. The van der Waals surface area contributed by atoms with Gasteiger partial charge in [-0.1, -0.05) is 44.6 Å². The third-order valence-electron chi connectivity index (χ3n) is 11.2. The quantitative estimate of drug-likeness (QED) is 0.165. The third kappa shape index (κ3) is 13.1. The van der Waals surface area contributed by atoms with E-state index in [4.69, 9.17) is 33.2 Å². The molecule has 3 rings (SSSR count). The third-order valence-corrected chi connectivity index (χ3v) is 11.2. The van der Waals surface area contributed by atoms with Gasteiger partial charge < -0.3 is 58.5 Å². The topological polar surface area (TPSA) is 200 Å². The molecule has 0 bridgehead atoms. The molecule has 324 valence electrons. The average molecular weight is 810 g/mol. The van der Waals surface area contributed by atoms with Crippen molar-refractivity contribution >= 4 is 17.5 Å². The van der Waals surface area contributed by atoms with E-state index in [0.717, 1.165) is 6.08 Å². The zero-order valence-electron chi connectivity index (χ0n) is 35.3. The fourth-order valence-corrected chi connectivity index (χ4v) is 7.83. The van der Waals surface area contributed by atoms with E-state index in [-0.39, 0.29) is 36.8 Å². The van der Waals surface area contributed by atoms with Gasteiger partial charge in [-0.2, -0.15) is 0 Å². The first-order valence-corrected chi connectivity index (χ1v) is 19.9. The van der Waals surface area contributed by atoms with Crippen molar-refractivity contribution in [2.24, 2.45) is 23.7 Å². The van der Waals surface area contributed by atoms with Crippen molar-refractivity contribution in [2.75, 3.05) is 34.9 Å². The Morgan fingerprint density at radius 1 is 0.930 bits per heavy atom. The number of hydrogen-bond acceptors (Lipinski definition) is 15. The van der Waals surface area contributed by atoms with Crippen LogP contribution in [0.5, 0.6) is 0 Å². The number of allylic oxidation sites excluding steroid dienone is 5. The minimum absolute atomic E-state index is 0.00660. The summed E-state index contributed by atoms with van der Waals surface area (Å²) in [7, 11) is 6.37. The number of rotatable bonds is 12. The number of ether oxygens (including phenoxy) is 7. The van der Waals surface area contributed by atoms with Gasteiger partial charge in [0.15, 0.2) is 24.1 Å². The number of aliphatic hydroxyl groups is 4. The maximum Gasteiger partial charge on any atom is 0.334 e. The maximum atomic E-state index is 13.7. The summed E-state index contributed by atoms with van der Waals surface area (Å²) < 4.78 is 41.8. The Labute approximate surface area is 337 Å². The molecule has 3 heterocycles. The van der Waals surface area contributed by atoms with E-state index in [0.29, 0.717) is 12.0 Å². The van der Waals surface area contributed by atoms with E-state index >= 15 is 0 Å². The van der Waals surface area contributed by atoms with Crippen molar-refractivity contribution in [1.29, 1.82) is 0 Å². The number of nitrogens with zero attached hydrogens (tertiary/aromatic N) is 1. The number of cyclic esters (lactones) is 1. The van der Waals surface area contributed by atoms with Crippen molar-refractivity contribution < 1.29 is 68.0 Å². The average Bonchev–Trinajstić information content (AvgIpc) is 3.15. The van der Waals surface area contributed by atoms with Crippen molar-refractivity contribution in [3.05, 3.63) is 47.8 Å². The van der Waals surface area contributed by atoms with Gasteiger partial charge in [-0.25, -0.2) is 4.79 Å². The fraction of sp³-hybridized carbons (Fsp3) is 0.738. The predicted octanol–water partition coefficient (Wildman–Crippen LogP) is 3.20. The highest BCUT2D eigenvalue weighted by molar-refractivity contribution is 5.91. The van der Waals surface area contributed by atoms with Gasteiger partial charge in [0, 0.05) is 32.0 Å². The number of likely N-dealkylation sites (N-methyl/N-ethyl adjacent to an activating group) is 1. The van der Waals surface area contributed by atoms with E-state index in [9.17, 15) is 34.8 Å². The predicted molar refractivity (Wildman–Crippen MR) is 210 cm³/mol. The van der Waals surface area contributed by atoms with Crippen LogP contribution in [0.1, 0.15) is 67.7 Å². The molecule has 0 amide bonds. The molecule has 3 aliphatic rings. The van der Waals surface area contributed by atoms with Crippen LogP contribution in [0.4, 0.5) is 0 Å². The first kappa shape index (κ1) is 48.5. The molecule has 15 nitrogen and oxygen atoms in total. The Balaban J connectivity index is 2.06. The lowest BCUT2D eigenvalue weighted by Gasteiger charge is -2.46. The van der Waals surface area contributed by atoms with Gasteiger partial charge in [0.1, 0.15) is 36.3 Å². The van der Waals surface area contributed by atoms with E-state index < -0.39 is 103 Å². The van der Waals surface area contributed by atoms with Crippen LogP contribution in [0.25, 0.3) is 0 Å². The molecule has 0 aliphatic carbocycles. The van der Waals surface area contributed by atoms with Crippen LogP contribution in [0, 0.1) is 23.7 Å². The molecular weight excluding hydrogens is 742 g/mol. The monoisotopic (exact) mass is 809 g/mol. The highest BCUT2D eigenvalue weighted by Crippen LogP contribution is 2.35. The van der Waals surface area contributed by atoms with Crippen LogP contribution in [-0.4, -0.2) is 151 Å². The molecule has 2 fully saturated rings. The van der Waals surface area contributed by atoms with Gasteiger partial charge in [-0.15, -0.1) is 0 Å². The Kier molecular flexibility index (Phi) is 19.2. The Morgan fingerprint density at radius 3 is 2.16 bits per heavy atom. The minimum atomic E-state index is -1.31. The number of aliphatic hydroxyl groups excluding tert-OH is 4. The summed E-state index contributed by atoms with van der Waals surface area (Å²) in [6, 6.07) is -0.748. The van der Waals surface area contributed by atoms with Crippen LogP contribution < -0.4 is 0 Å². The number of hydrogen-bond donors (Lipinski definition) is 4. The highest BCUT2D eigenvalue weighted by atomic mass is 16.7. The lowest BCUT2D eigenvalue weighted by Crippen LogP contribution is -2.63. The minimum Gasteiger partial charge on any atom is -0.512 e. The Hall–Kier alpha value is -2.83. The van der Waals surface area contributed by atoms with Crippen LogP contribution in [0.3, 0.4) is 0 Å². The summed E-state index contributed by atoms with van der Waals surface area (Å²) in [5.74, 6) is -4.09. The molecule has 0 saturated carbocycles. The molecule has 0 aromatic heterocycles. The normalized spacial score (nSPS) is 41.6. The molecule has 16 atom stereocenters. The number of methoxy groups -OCH3 is 2. The number of carbonyl (C=O) groups is 3. The Bertz CT molecular complexity index is 1450. The molecule has 2 saturated heterocycles. The zero-order chi connectivity index (χ0) is 42.7. The molecule has 57 heavy (non-hydrogen) atoms. The van der Waals surface area contributed by atoms with Crippen LogP contribution in [0.2, 0.25) is 0 Å². The maximum absolute atomic E-state index is 13.7. The van der Waals surface area contributed by atoms with Crippen LogP contribution in [0.15, 0.2) is 47.8 Å². The first-order valence-electron chi connectivity index (χ1n) is 19.9. The molecule has 15 heteroatoms. The molecule has 0 unspecified atom stereocenters. The summed E-state index contributed by atoms with van der Waals surface area (Å²) in [4.78, 5) is 40.9. The largest absolute Gasteiger partial charge is 0.512 e. The summed E-state index contributed by atoms with van der Waals surface area (Å²) in [6.07, 6.45) is -0.0793. The molecule has 0 aromatic carbocycles. The number of esters is 1. The Morgan fingerprint density at radius 2 is 1.56 bits per heavy atom. The second kappa shape index (κ2) is 22.5. The summed E-state index contributed by atoms with van der Waals surface area (Å²) >= 11 is 0. The van der Waals surface area contributed by atoms with Gasteiger partial charge in [0.25, 0.3) is 0 Å². The second-order valence-electron chi connectivity index (χ2n) is 15.9. The highest BCUT2D eigenvalue weighted by Gasteiger charge is 2.47. The van der Waals surface area contributed by atoms with Gasteiger partial charge >= 0.3 is 5.97 Å². The molecule has 4 N–H and O–H groups in total. The van der Waals surface area contributed by atoms with Gasteiger partial charge in [-0.3, -0.25) is 9.59 Å². The molecule has 0 radical (unpaired) electrons.